The second-order valence-corrected chi connectivity index (χ2v) is 3.24. The highest BCUT2D eigenvalue weighted by Crippen LogP contribution is 2.17. The van der Waals surface area contributed by atoms with Crippen molar-refractivity contribution in [2.45, 2.75) is 0 Å². The zero-order valence-electron chi connectivity index (χ0n) is 8.22. The number of carbonyl (C=O) groups excluding carboxylic acids is 1. The van der Waals surface area contributed by atoms with Gasteiger partial charge in [0.15, 0.2) is 0 Å². The van der Waals surface area contributed by atoms with Crippen LogP contribution in [0.3, 0.4) is 0 Å². The number of aromatic nitrogens is 2. The molecule has 0 unspecified atom stereocenters. The second-order valence-electron chi connectivity index (χ2n) is 3.24. The number of halogens is 1. The highest BCUT2D eigenvalue weighted by molar-refractivity contribution is 5.92. The molecule has 0 spiro atoms. The molecule has 1 heterocycles. The molecule has 1 amide bonds. The number of nitrogen functional groups attached to an aromatic ring is 1. The van der Waals surface area contributed by atoms with Gasteiger partial charge < -0.3 is 11.5 Å². The first-order chi connectivity index (χ1) is 7.58. The maximum absolute atomic E-state index is 13.0. The van der Waals surface area contributed by atoms with Crippen LogP contribution in [0, 0.1) is 5.82 Å². The summed E-state index contributed by atoms with van der Waals surface area (Å²) in [7, 11) is 0. The van der Waals surface area contributed by atoms with Crippen molar-refractivity contribution >= 4 is 11.6 Å². The lowest BCUT2D eigenvalue weighted by molar-refractivity contribution is 0.100. The molecule has 2 aromatic rings. The third kappa shape index (κ3) is 1.72. The Morgan fingerprint density at radius 2 is 2.19 bits per heavy atom. The molecule has 6 heteroatoms. The van der Waals surface area contributed by atoms with Crippen molar-refractivity contribution in [3.63, 3.8) is 0 Å². The Morgan fingerprint density at radius 1 is 1.44 bits per heavy atom. The molecule has 0 bridgehead atoms. The summed E-state index contributed by atoms with van der Waals surface area (Å²) in [5.41, 5.74) is 11.7. The standard InChI is InChI=1S/C10H9FN4O/c11-7-1-2-8(12)9(3-7)15-5-6(4-14-15)10(13)16/h1-5H,12H2,(H2,13,16). The number of amides is 1. The Labute approximate surface area is 90.5 Å². The molecular formula is C10H9FN4O. The van der Waals surface area contributed by atoms with Crippen LogP contribution in [0.4, 0.5) is 10.1 Å². The van der Waals surface area contributed by atoms with Crippen LogP contribution >= 0.6 is 0 Å². The number of hydrogen-bond donors (Lipinski definition) is 2. The van der Waals surface area contributed by atoms with Gasteiger partial charge in [-0.1, -0.05) is 0 Å². The lowest BCUT2D eigenvalue weighted by Crippen LogP contribution is -2.09. The molecule has 0 atom stereocenters. The molecule has 0 saturated carbocycles. The number of anilines is 1. The molecule has 5 nitrogen and oxygen atoms in total. The van der Waals surface area contributed by atoms with Gasteiger partial charge in [-0.15, -0.1) is 0 Å². The van der Waals surface area contributed by atoms with Crippen molar-refractivity contribution in [3.05, 3.63) is 42.0 Å². The summed E-state index contributed by atoms with van der Waals surface area (Å²) in [4.78, 5) is 10.9. The average Bonchev–Trinajstić information content (AvgIpc) is 2.70. The summed E-state index contributed by atoms with van der Waals surface area (Å²) in [6, 6.07) is 3.90. The van der Waals surface area contributed by atoms with E-state index in [1.807, 2.05) is 0 Å². The molecule has 1 aromatic heterocycles. The number of hydrogen-bond acceptors (Lipinski definition) is 3. The quantitative estimate of drug-likeness (QED) is 0.730. The van der Waals surface area contributed by atoms with Gasteiger partial charge in [0.1, 0.15) is 5.82 Å². The van der Waals surface area contributed by atoms with Gasteiger partial charge in [-0.3, -0.25) is 4.79 Å². The molecule has 0 aliphatic heterocycles. The number of nitrogens with two attached hydrogens (primary N) is 2. The highest BCUT2D eigenvalue weighted by Gasteiger charge is 2.08. The fraction of sp³-hybridized carbons (Fsp3) is 0. The van der Waals surface area contributed by atoms with E-state index in [0.29, 0.717) is 11.4 Å². The van der Waals surface area contributed by atoms with Crippen molar-refractivity contribution < 1.29 is 9.18 Å². The van der Waals surface area contributed by atoms with E-state index in [1.165, 1.54) is 35.3 Å². The number of benzene rings is 1. The minimum Gasteiger partial charge on any atom is -0.397 e. The third-order valence-corrected chi connectivity index (χ3v) is 2.11. The summed E-state index contributed by atoms with van der Waals surface area (Å²) in [6.45, 7) is 0. The minimum atomic E-state index is -0.596. The monoisotopic (exact) mass is 220 g/mol. The van der Waals surface area contributed by atoms with Crippen molar-refractivity contribution in [1.82, 2.24) is 9.78 Å². The molecule has 0 radical (unpaired) electrons. The maximum atomic E-state index is 13.0. The molecule has 0 saturated heterocycles. The number of nitrogens with zero attached hydrogens (tertiary/aromatic N) is 2. The van der Waals surface area contributed by atoms with E-state index in [0.717, 1.165) is 0 Å². The molecule has 4 N–H and O–H groups in total. The van der Waals surface area contributed by atoms with Crippen molar-refractivity contribution in [2.24, 2.45) is 5.73 Å². The van der Waals surface area contributed by atoms with Crippen molar-refractivity contribution in [3.8, 4) is 5.69 Å². The zero-order chi connectivity index (χ0) is 11.7. The topological polar surface area (TPSA) is 86.9 Å². The van der Waals surface area contributed by atoms with Crippen LogP contribution in [0.2, 0.25) is 0 Å². The Balaban J connectivity index is 2.50. The SMILES string of the molecule is NC(=O)c1cnn(-c2cc(F)ccc2N)c1. The number of primary amides is 1. The second kappa shape index (κ2) is 3.65. The molecule has 1 aromatic carbocycles. The molecule has 2 rings (SSSR count). The first kappa shape index (κ1) is 10.2. The van der Waals surface area contributed by atoms with E-state index in [-0.39, 0.29) is 5.56 Å². The van der Waals surface area contributed by atoms with E-state index in [2.05, 4.69) is 5.10 Å². The highest BCUT2D eigenvalue weighted by atomic mass is 19.1. The van der Waals surface area contributed by atoms with Crippen LogP contribution in [-0.4, -0.2) is 15.7 Å². The van der Waals surface area contributed by atoms with Crippen molar-refractivity contribution in [1.29, 1.82) is 0 Å². The Kier molecular flexibility index (Phi) is 2.32. The van der Waals surface area contributed by atoms with Gasteiger partial charge in [-0.25, -0.2) is 9.07 Å². The molecule has 0 aliphatic rings. The number of rotatable bonds is 2. The lowest BCUT2D eigenvalue weighted by Gasteiger charge is -2.04. The maximum Gasteiger partial charge on any atom is 0.251 e. The van der Waals surface area contributed by atoms with E-state index >= 15 is 0 Å². The van der Waals surface area contributed by atoms with Gasteiger partial charge >= 0.3 is 0 Å². The van der Waals surface area contributed by atoms with Gasteiger partial charge in [0.05, 0.1) is 23.1 Å². The van der Waals surface area contributed by atoms with Gasteiger partial charge in [0.2, 0.25) is 0 Å². The molecule has 0 fully saturated rings. The third-order valence-electron chi connectivity index (χ3n) is 2.11. The zero-order valence-corrected chi connectivity index (χ0v) is 8.22. The van der Waals surface area contributed by atoms with E-state index < -0.39 is 11.7 Å². The fourth-order valence-electron chi connectivity index (χ4n) is 1.30. The molecule has 0 aliphatic carbocycles. The average molecular weight is 220 g/mol. The summed E-state index contributed by atoms with van der Waals surface area (Å²) < 4.78 is 14.3. The van der Waals surface area contributed by atoms with Gasteiger partial charge in [-0.2, -0.15) is 5.10 Å². The van der Waals surface area contributed by atoms with Crippen molar-refractivity contribution in [2.75, 3.05) is 5.73 Å². The van der Waals surface area contributed by atoms with E-state index in [9.17, 15) is 9.18 Å². The summed E-state index contributed by atoms with van der Waals surface area (Å²) in [5.74, 6) is -1.03. The Morgan fingerprint density at radius 3 is 2.81 bits per heavy atom. The predicted molar refractivity (Wildman–Crippen MR) is 56.5 cm³/mol. The van der Waals surface area contributed by atoms with E-state index in [4.69, 9.17) is 11.5 Å². The van der Waals surface area contributed by atoms with E-state index in [1.54, 1.807) is 0 Å². The molecular weight excluding hydrogens is 211 g/mol. The Hall–Kier alpha value is -2.37. The van der Waals surface area contributed by atoms with Gasteiger partial charge in [0, 0.05) is 12.3 Å². The van der Waals surface area contributed by atoms with Crippen LogP contribution in [0.5, 0.6) is 0 Å². The minimum absolute atomic E-state index is 0.240. The Bertz CT molecular complexity index is 550. The largest absolute Gasteiger partial charge is 0.397 e. The smallest absolute Gasteiger partial charge is 0.251 e. The predicted octanol–water partition coefficient (Wildman–Crippen LogP) is 0.693. The molecule has 16 heavy (non-hydrogen) atoms. The van der Waals surface area contributed by atoms with Crippen LogP contribution < -0.4 is 11.5 Å². The van der Waals surface area contributed by atoms with Crippen LogP contribution in [0.25, 0.3) is 5.69 Å². The molecule has 82 valence electrons. The lowest BCUT2D eigenvalue weighted by atomic mass is 10.2. The normalized spacial score (nSPS) is 10.3. The first-order valence-corrected chi connectivity index (χ1v) is 4.48. The van der Waals surface area contributed by atoms with Gasteiger partial charge in [-0.05, 0) is 12.1 Å². The van der Waals surface area contributed by atoms with Crippen LogP contribution in [0.15, 0.2) is 30.6 Å². The summed E-state index contributed by atoms with van der Waals surface area (Å²) in [6.07, 6.45) is 2.69. The van der Waals surface area contributed by atoms with Crippen LogP contribution in [-0.2, 0) is 0 Å². The van der Waals surface area contributed by atoms with Crippen LogP contribution in [0.1, 0.15) is 10.4 Å². The number of carbonyl (C=O) groups is 1. The first-order valence-electron chi connectivity index (χ1n) is 4.48. The summed E-state index contributed by atoms with van der Waals surface area (Å²) in [5, 5.41) is 3.88. The summed E-state index contributed by atoms with van der Waals surface area (Å²) >= 11 is 0. The van der Waals surface area contributed by atoms with Gasteiger partial charge in [0.25, 0.3) is 5.91 Å². The fourth-order valence-corrected chi connectivity index (χ4v) is 1.30.